The number of amides is 1. The van der Waals surface area contributed by atoms with Gasteiger partial charge in [-0.1, -0.05) is 17.7 Å². The first-order chi connectivity index (χ1) is 13.4. The largest absolute Gasteiger partial charge is 0.376 e. The lowest BCUT2D eigenvalue weighted by Crippen LogP contribution is -2.32. The van der Waals surface area contributed by atoms with Gasteiger partial charge in [-0.2, -0.15) is 5.26 Å². The monoisotopic (exact) mass is 397 g/mol. The van der Waals surface area contributed by atoms with Gasteiger partial charge in [0.1, 0.15) is 11.6 Å². The third-order valence-corrected chi connectivity index (χ3v) is 5.54. The molecule has 1 amide bonds. The zero-order chi connectivity index (χ0) is 20.3. The zero-order valence-electron chi connectivity index (χ0n) is 16.4. The average Bonchev–Trinajstić information content (AvgIpc) is 3.28. The molecule has 1 aromatic heterocycles. The molecule has 6 heteroatoms. The van der Waals surface area contributed by atoms with Gasteiger partial charge in [0.15, 0.2) is 0 Å². The second kappa shape index (κ2) is 8.64. The molecule has 1 aliphatic rings. The minimum Gasteiger partial charge on any atom is -0.376 e. The lowest BCUT2D eigenvalue weighted by Gasteiger charge is -2.13. The first-order valence-electron chi connectivity index (χ1n) is 9.38. The number of carbonyl (C=O) groups is 1. The van der Waals surface area contributed by atoms with Gasteiger partial charge in [0.2, 0.25) is 0 Å². The van der Waals surface area contributed by atoms with Gasteiger partial charge in [0.05, 0.1) is 6.10 Å². The molecule has 1 N–H and O–H groups in total. The normalized spacial score (nSPS) is 16.8. The molecule has 0 aliphatic carbocycles. The van der Waals surface area contributed by atoms with Crippen LogP contribution in [0.1, 0.15) is 35.4 Å². The van der Waals surface area contributed by atoms with Crippen molar-refractivity contribution in [3.8, 4) is 11.8 Å². The highest BCUT2D eigenvalue weighted by Crippen LogP contribution is 2.28. The van der Waals surface area contributed by atoms with Crippen LogP contribution in [0.3, 0.4) is 0 Å². The quantitative estimate of drug-likeness (QED) is 0.605. The molecule has 0 spiro atoms. The van der Waals surface area contributed by atoms with Gasteiger partial charge in [-0.15, -0.1) is 0 Å². The number of halogens is 1. The molecule has 28 heavy (non-hydrogen) atoms. The number of aryl methyl sites for hydroxylation is 1. The standard InChI is InChI=1S/C22H24ClN3O2/c1-14-10-17(16(3)26(14)21-8-4-7-20(23)15(21)2)11-18(12-24)22(27)25-13-19-6-5-9-28-19/h4,7-8,10-11,19H,5-6,9,13H2,1-3H3,(H,25,27)/b18-11+/t19-/m1/s1. The fourth-order valence-corrected chi connectivity index (χ4v) is 3.72. The van der Waals surface area contributed by atoms with E-state index in [9.17, 15) is 10.1 Å². The maximum absolute atomic E-state index is 12.4. The van der Waals surface area contributed by atoms with E-state index in [4.69, 9.17) is 16.3 Å². The summed E-state index contributed by atoms with van der Waals surface area (Å²) >= 11 is 6.28. The van der Waals surface area contributed by atoms with E-state index in [0.29, 0.717) is 11.6 Å². The maximum Gasteiger partial charge on any atom is 0.262 e. The second-order valence-corrected chi connectivity index (χ2v) is 7.47. The number of benzene rings is 1. The number of rotatable bonds is 5. The van der Waals surface area contributed by atoms with Gasteiger partial charge in [-0.3, -0.25) is 4.79 Å². The smallest absolute Gasteiger partial charge is 0.262 e. The summed E-state index contributed by atoms with van der Waals surface area (Å²) in [5.74, 6) is -0.373. The molecule has 0 unspecified atom stereocenters. The lowest BCUT2D eigenvalue weighted by atomic mass is 10.1. The van der Waals surface area contributed by atoms with Crippen LogP contribution in [0.4, 0.5) is 0 Å². The fourth-order valence-electron chi connectivity index (χ4n) is 3.55. The Balaban J connectivity index is 1.87. The SMILES string of the molecule is Cc1c(Cl)cccc1-n1c(C)cc(/C=C(\C#N)C(=O)NC[C@H]2CCCO2)c1C. The predicted molar refractivity (Wildman–Crippen MR) is 111 cm³/mol. The van der Waals surface area contributed by atoms with Crippen molar-refractivity contribution in [3.63, 3.8) is 0 Å². The van der Waals surface area contributed by atoms with E-state index in [1.165, 1.54) is 0 Å². The van der Waals surface area contributed by atoms with Crippen LogP contribution in [0, 0.1) is 32.1 Å². The fraction of sp³-hybridized carbons (Fsp3) is 0.364. The Bertz CT molecular complexity index is 963. The lowest BCUT2D eigenvalue weighted by molar-refractivity contribution is -0.117. The molecule has 5 nitrogen and oxygen atoms in total. The summed E-state index contributed by atoms with van der Waals surface area (Å²) in [5.41, 5.74) is 4.84. The summed E-state index contributed by atoms with van der Waals surface area (Å²) in [6.45, 7) is 7.10. The molecule has 146 valence electrons. The summed E-state index contributed by atoms with van der Waals surface area (Å²) in [4.78, 5) is 12.4. The van der Waals surface area contributed by atoms with Crippen LogP contribution in [0.25, 0.3) is 11.8 Å². The van der Waals surface area contributed by atoms with Gasteiger partial charge in [0.25, 0.3) is 5.91 Å². The molecule has 3 rings (SSSR count). The Morgan fingerprint density at radius 2 is 2.21 bits per heavy atom. The third-order valence-electron chi connectivity index (χ3n) is 5.13. The molecule has 2 aromatic rings. The van der Waals surface area contributed by atoms with Crippen LogP contribution in [-0.4, -0.2) is 29.7 Å². The molecule has 0 radical (unpaired) electrons. The molecule has 1 aromatic carbocycles. The summed E-state index contributed by atoms with van der Waals surface area (Å²) in [6.07, 6.45) is 3.63. The highest BCUT2D eigenvalue weighted by atomic mass is 35.5. The van der Waals surface area contributed by atoms with E-state index in [1.54, 1.807) is 6.08 Å². The van der Waals surface area contributed by atoms with Crippen molar-refractivity contribution < 1.29 is 9.53 Å². The number of hydrogen-bond donors (Lipinski definition) is 1. The highest BCUT2D eigenvalue weighted by Gasteiger charge is 2.19. The van der Waals surface area contributed by atoms with Crippen molar-refractivity contribution in [1.82, 2.24) is 9.88 Å². The molecular weight excluding hydrogens is 374 g/mol. The van der Waals surface area contributed by atoms with E-state index in [-0.39, 0.29) is 17.6 Å². The highest BCUT2D eigenvalue weighted by molar-refractivity contribution is 6.31. The van der Waals surface area contributed by atoms with Crippen molar-refractivity contribution in [2.75, 3.05) is 13.2 Å². The molecule has 1 saturated heterocycles. The minimum absolute atomic E-state index is 0.0414. The molecule has 1 aliphatic heterocycles. The Kier molecular flexibility index (Phi) is 6.23. The van der Waals surface area contributed by atoms with Gasteiger partial charge in [-0.25, -0.2) is 0 Å². The van der Waals surface area contributed by atoms with Gasteiger partial charge < -0.3 is 14.6 Å². The Labute approximate surface area is 170 Å². The zero-order valence-corrected chi connectivity index (χ0v) is 17.1. The van der Waals surface area contributed by atoms with Crippen LogP contribution in [0.2, 0.25) is 5.02 Å². The molecule has 1 fully saturated rings. The van der Waals surface area contributed by atoms with Crippen molar-refractivity contribution in [1.29, 1.82) is 5.26 Å². The molecular formula is C22H24ClN3O2. The number of carbonyl (C=O) groups excluding carboxylic acids is 1. The number of nitrogens with one attached hydrogen (secondary N) is 1. The van der Waals surface area contributed by atoms with Crippen molar-refractivity contribution >= 4 is 23.6 Å². The number of ether oxygens (including phenoxy) is 1. The van der Waals surface area contributed by atoms with Crippen molar-refractivity contribution in [3.05, 3.63) is 57.4 Å². The predicted octanol–water partition coefficient (Wildman–Crippen LogP) is 4.26. The van der Waals surface area contributed by atoms with E-state index in [0.717, 1.165) is 47.7 Å². The van der Waals surface area contributed by atoms with Gasteiger partial charge >= 0.3 is 0 Å². The summed E-state index contributed by atoms with van der Waals surface area (Å²) in [6, 6.07) is 9.78. The summed E-state index contributed by atoms with van der Waals surface area (Å²) < 4.78 is 7.60. The van der Waals surface area contributed by atoms with Crippen LogP contribution in [0.5, 0.6) is 0 Å². The number of nitrogens with zero attached hydrogens (tertiary/aromatic N) is 2. The van der Waals surface area contributed by atoms with E-state index < -0.39 is 0 Å². The van der Waals surface area contributed by atoms with Crippen LogP contribution in [0.15, 0.2) is 29.8 Å². The Morgan fingerprint density at radius 1 is 1.43 bits per heavy atom. The number of nitriles is 1. The van der Waals surface area contributed by atoms with Crippen molar-refractivity contribution in [2.24, 2.45) is 0 Å². The molecule has 0 bridgehead atoms. The Morgan fingerprint density at radius 3 is 2.89 bits per heavy atom. The van der Waals surface area contributed by atoms with Crippen LogP contribution in [-0.2, 0) is 9.53 Å². The molecule has 2 heterocycles. The minimum atomic E-state index is -0.373. The van der Waals surface area contributed by atoms with E-state index in [1.807, 2.05) is 51.1 Å². The summed E-state index contributed by atoms with van der Waals surface area (Å²) in [5, 5.41) is 13.0. The number of aromatic nitrogens is 1. The van der Waals surface area contributed by atoms with Gasteiger partial charge in [-0.05, 0) is 69.0 Å². The van der Waals surface area contributed by atoms with E-state index in [2.05, 4.69) is 9.88 Å². The van der Waals surface area contributed by atoms with Gasteiger partial charge in [0, 0.05) is 35.2 Å². The van der Waals surface area contributed by atoms with E-state index >= 15 is 0 Å². The topological polar surface area (TPSA) is 67.0 Å². The molecule has 1 atom stereocenters. The maximum atomic E-state index is 12.4. The second-order valence-electron chi connectivity index (χ2n) is 7.06. The van der Waals surface area contributed by atoms with Crippen LogP contribution >= 0.6 is 11.6 Å². The van der Waals surface area contributed by atoms with Crippen LogP contribution < -0.4 is 5.32 Å². The average molecular weight is 398 g/mol. The van der Waals surface area contributed by atoms with Crippen molar-refractivity contribution in [2.45, 2.75) is 39.7 Å². The Hall–Kier alpha value is -2.55. The summed E-state index contributed by atoms with van der Waals surface area (Å²) in [7, 11) is 0. The first kappa shape index (κ1) is 20.2. The molecule has 0 saturated carbocycles. The third kappa shape index (κ3) is 4.14. The number of hydrogen-bond acceptors (Lipinski definition) is 3. The first-order valence-corrected chi connectivity index (χ1v) is 9.76.